The number of aromatic nitrogens is 1. The molecule has 4 rings (SSSR count). The molecule has 1 fully saturated rings. The third-order valence-electron chi connectivity index (χ3n) is 5.52. The fourth-order valence-corrected chi connectivity index (χ4v) is 4.09. The van der Waals surface area contributed by atoms with E-state index in [0.717, 1.165) is 19.3 Å². The normalized spacial score (nSPS) is 19.3. The molecule has 1 amide bonds. The number of ether oxygens (including phenoxy) is 1. The molecule has 1 aliphatic rings. The number of benzene rings is 1. The smallest absolute Gasteiger partial charge is 0.339 e. The maximum atomic E-state index is 12.9. The Morgan fingerprint density at radius 1 is 1.14 bits per heavy atom. The van der Waals surface area contributed by atoms with Gasteiger partial charge in [-0.3, -0.25) is 4.79 Å². The van der Waals surface area contributed by atoms with Crippen LogP contribution in [0.2, 0.25) is 0 Å². The van der Waals surface area contributed by atoms with Crippen LogP contribution in [0.15, 0.2) is 53.1 Å². The van der Waals surface area contributed by atoms with Crippen LogP contribution in [-0.2, 0) is 9.53 Å². The van der Waals surface area contributed by atoms with Gasteiger partial charge in [0.25, 0.3) is 5.91 Å². The van der Waals surface area contributed by atoms with Crippen molar-refractivity contribution in [2.45, 2.75) is 45.2 Å². The first-order chi connectivity index (χ1) is 14.0. The van der Waals surface area contributed by atoms with Crippen molar-refractivity contribution >= 4 is 22.8 Å². The zero-order chi connectivity index (χ0) is 20.4. The maximum Gasteiger partial charge on any atom is 0.339 e. The molecular formula is C23H24N2O4. The Morgan fingerprint density at radius 2 is 1.90 bits per heavy atom. The van der Waals surface area contributed by atoms with Crippen molar-refractivity contribution in [1.82, 2.24) is 9.88 Å². The van der Waals surface area contributed by atoms with Crippen molar-refractivity contribution in [1.29, 1.82) is 0 Å². The number of pyridine rings is 1. The van der Waals surface area contributed by atoms with Crippen molar-refractivity contribution in [2.75, 3.05) is 6.61 Å². The number of carbonyl (C=O) groups excluding carboxylic acids is 2. The highest BCUT2D eigenvalue weighted by molar-refractivity contribution is 6.05. The van der Waals surface area contributed by atoms with E-state index >= 15 is 0 Å². The van der Waals surface area contributed by atoms with E-state index in [9.17, 15) is 9.59 Å². The number of amides is 1. The Hall–Kier alpha value is -3.15. The monoisotopic (exact) mass is 392 g/mol. The molecule has 3 aromatic rings. The van der Waals surface area contributed by atoms with E-state index in [2.05, 4.69) is 4.98 Å². The van der Waals surface area contributed by atoms with Crippen molar-refractivity contribution in [2.24, 2.45) is 0 Å². The van der Waals surface area contributed by atoms with Gasteiger partial charge in [-0.1, -0.05) is 18.2 Å². The molecule has 1 aliphatic heterocycles. The summed E-state index contributed by atoms with van der Waals surface area (Å²) < 4.78 is 10.9. The summed E-state index contributed by atoms with van der Waals surface area (Å²) in [4.78, 5) is 32.0. The molecule has 1 aromatic carbocycles. The fraction of sp³-hybridized carbons (Fsp3) is 0.348. The van der Waals surface area contributed by atoms with Crippen LogP contribution in [0, 0.1) is 0 Å². The second-order valence-corrected chi connectivity index (χ2v) is 7.56. The second kappa shape index (κ2) is 8.07. The molecule has 150 valence electrons. The summed E-state index contributed by atoms with van der Waals surface area (Å²) in [6, 6.07) is 12.9. The summed E-state index contributed by atoms with van der Waals surface area (Å²) >= 11 is 0. The number of furan rings is 1. The number of hydrogen-bond acceptors (Lipinski definition) is 5. The zero-order valence-electron chi connectivity index (χ0n) is 16.6. The lowest BCUT2D eigenvalue weighted by Gasteiger charge is -2.38. The van der Waals surface area contributed by atoms with E-state index in [4.69, 9.17) is 9.15 Å². The number of fused-ring (bicyclic) bond motifs is 1. The van der Waals surface area contributed by atoms with Crippen LogP contribution in [0.4, 0.5) is 0 Å². The van der Waals surface area contributed by atoms with Crippen LogP contribution in [0.3, 0.4) is 0 Å². The van der Waals surface area contributed by atoms with Gasteiger partial charge in [-0.25, -0.2) is 9.78 Å². The van der Waals surface area contributed by atoms with Crippen molar-refractivity contribution in [3.8, 4) is 11.5 Å². The van der Waals surface area contributed by atoms with Gasteiger partial charge >= 0.3 is 5.97 Å². The van der Waals surface area contributed by atoms with Crippen LogP contribution in [0.5, 0.6) is 0 Å². The van der Waals surface area contributed by atoms with Gasteiger partial charge in [0.1, 0.15) is 5.69 Å². The number of para-hydroxylation sites is 1. The second-order valence-electron chi connectivity index (χ2n) is 7.56. The highest BCUT2D eigenvalue weighted by atomic mass is 16.5. The molecule has 0 radical (unpaired) electrons. The Bertz CT molecular complexity index is 1020. The largest absolute Gasteiger partial charge is 0.463 e. The predicted octanol–water partition coefficient (Wildman–Crippen LogP) is 4.44. The Morgan fingerprint density at radius 3 is 2.62 bits per heavy atom. The van der Waals surface area contributed by atoms with Crippen molar-refractivity contribution < 1.29 is 18.7 Å². The van der Waals surface area contributed by atoms with Gasteiger partial charge in [-0.05, 0) is 57.4 Å². The summed E-state index contributed by atoms with van der Waals surface area (Å²) in [6.07, 6.45) is 4.63. The molecule has 3 heterocycles. The molecule has 0 spiro atoms. The fourth-order valence-electron chi connectivity index (χ4n) is 4.09. The summed E-state index contributed by atoms with van der Waals surface area (Å²) in [7, 11) is 0. The lowest BCUT2D eigenvalue weighted by molar-refractivity contribution is -0.140. The van der Waals surface area contributed by atoms with Crippen LogP contribution < -0.4 is 0 Å². The van der Waals surface area contributed by atoms with Crippen molar-refractivity contribution in [3.63, 3.8) is 0 Å². The third kappa shape index (κ3) is 3.88. The quantitative estimate of drug-likeness (QED) is 0.614. The first-order valence-corrected chi connectivity index (χ1v) is 9.96. The minimum Gasteiger partial charge on any atom is -0.463 e. The summed E-state index contributed by atoms with van der Waals surface area (Å²) in [5, 5.41) is 0.681. The number of hydrogen-bond donors (Lipinski definition) is 0. The van der Waals surface area contributed by atoms with E-state index in [1.54, 1.807) is 24.5 Å². The molecule has 0 saturated carbocycles. The van der Waals surface area contributed by atoms with Gasteiger partial charge in [0.2, 0.25) is 0 Å². The number of likely N-dealkylation sites (tertiary alicyclic amines) is 1. The van der Waals surface area contributed by atoms with Gasteiger partial charge < -0.3 is 14.1 Å². The third-order valence-corrected chi connectivity index (χ3v) is 5.52. The van der Waals surface area contributed by atoms with Gasteiger partial charge in [0, 0.05) is 17.5 Å². The highest BCUT2D eigenvalue weighted by Gasteiger charge is 2.29. The Labute approximate surface area is 169 Å². The van der Waals surface area contributed by atoms with Crippen molar-refractivity contribution in [3.05, 3.63) is 54.3 Å². The Balaban J connectivity index is 1.57. The van der Waals surface area contributed by atoms with E-state index in [0.29, 0.717) is 27.9 Å². The standard InChI is InChI=1S/C23H24N2O4/c1-15-7-5-8-16(2)25(15)22(26)14-29-23(27)18-13-20(21-11-6-12-28-21)24-19-10-4-3-9-17(18)19/h3-4,6,9-13,15-16H,5,7-8,14H2,1-2H3/t15-,16-/m0/s1. The molecule has 29 heavy (non-hydrogen) atoms. The van der Waals surface area contributed by atoms with Gasteiger partial charge in [0.15, 0.2) is 12.4 Å². The SMILES string of the molecule is C[C@H]1CCC[C@H](C)N1C(=O)COC(=O)c1cc(-c2ccco2)nc2ccccc12. The molecule has 6 heteroatoms. The average Bonchev–Trinajstić information content (AvgIpc) is 3.26. The Kier molecular flexibility index (Phi) is 5.34. The number of piperidine rings is 1. The summed E-state index contributed by atoms with van der Waals surface area (Å²) in [6.45, 7) is 3.82. The van der Waals surface area contributed by atoms with Gasteiger partial charge in [0.05, 0.1) is 17.3 Å². The predicted molar refractivity (Wildman–Crippen MR) is 109 cm³/mol. The number of carbonyl (C=O) groups is 2. The molecule has 6 nitrogen and oxygen atoms in total. The van der Waals surface area contributed by atoms with Gasteiger partial charge in [-0.2, -0.15) is 0 Å². The molecule has 2 atom stereocenters. The minimum atomic E-state index is -0.540. The van der Waals surface area contributed by atoms with Crippen LogP contribution >= 0.6 is 0 Å². The summed E-state index contributed by atoms with van der Waals surface area (Å²) in [5.41, 5.74) is 1.58. The van der Waals surface area contributed by atoms with Gasteiger partial charge in [-0.15, -0.1) is 0 Å². The zero-order valence-corrected chi connectivity index (χ0v) is 16.6. The van der Waals surface area contributed by atoms with Crippen LogP contribution in [-0.4, -0.2) is 40.5 Å². The van der Waals surface area contributed by atoms with E-state index in [-0.39, 0.29) is 24.6 Å². The van der Waals surface area contributed by atoms with Crippen LogP contribution in [0.1, 0.15) is 43.5 Å². The number of esters is 1. The number of rotatable bonds is 4. The molecule has 2 aromatic heterocycles. The maximum absolute atomic E-state index is 12.9. The molecule has 0 N–H and O–H groups in total. The lowest BCUT2D eigenvalue weighted by atomic mass is 9.97. The lowest BCUT2D eigenvalue weighted by Crippen LogP contribution is -2.49. The minimum absolute atomic E-state index is 0.150. The topological polar surface area (TPSA) is 72.6 Å². The molecule has 1 saturated heterocycles. The van der Waals surface area contributed by atoms with E-state index in [1.165, 1.54) is 0 Å². The number of nitrogens with zero attached hydrogens (tertiary/aromatic N) is 2. The van der Waals surface area contributed by atoms with E-state index < -0.39 is 5.97 Å². The van der Waals surface area contributed by atoms with Crippen LogP contribution in [0.25, 0.3) is 22.4 Å². The first kappa shape index (κ1) is 19.2. The first-order valence-electron chi connectivity index (χ1n) is 9.96. The highest BCUT2D eigenvalue weighted by Crippen LogP contribution is 2.26. The molecule has 0 unspecified atom stereocenters. The molecule has 0 bridgehead atoms. The molecule has 0 aliphatic carbocycles. The molecular weight excluding hydrogens is 368 g/mol. The average molecular weight is 392 g/mol. The van der Waals surface area contributed by atoms with E-state index in [1.807, 2.05) is 43.0 Å². The summed E-state index contributed by atoms with van der Waals surface area (Å²) in [5.74, 6) is -0.124.